The Kier molecular flexibility index (Phi) is 5.55. The number of ether oxygens (including phenoxy) is 2. The summed E-state index contributed by atoms with van der Waals surface area (Å²) in [4.78, 5) is 0. The van der Waals surface area contributed by atoms with Crippen LogP contribution in [0.15, 0.2) is 16.6 Å². The van der Waals surface area contributed by atoms with Crippen molar-refractivity contribution in [2.45, 2.75) is 45.1 Å². The minimum absolute atomic E-state index is 0.308. The highest BCUT2D eigenvalue weighted by Gasteiger charge is 2.41. The zero-order valence-electron chi connectivity index (χ0n) is 13.5. The second-order valence-electron chi connectivity index (χ2n) is 5.85. The first-order chi connectivity index (χ1) is 10.1. The fraction of sp³-hybridized carbons (Fsp3) is 0.647. The first kappa shape index (κ1) is 16.6. The summed E-state index contributed by atoms with van der Waals surface area (Å²) in [6, 6.07) is 4.46. The Morgan fingerprint density at radius 2 is 1.90 bits per heavy atom. The van der Waals surface area contributed by atoms with Crippen LogP contribution < -0.4 is 14.8 Å². The number of rotatable bonds is 6. The molecule has 1 aromatic rings. The maximum Gasteiger partial charge on any atom is 0.141 e. The van der Waals surface area contributed by atoms with Gasteiger partial charge in [-0.2, -0.15) is 0 Å². The zero-order valence-corrected chi connectivity index (χ0v) is 15.0. The van der Waals surface area contributed by atoms with Gasteiger partial charge in [-0.15, -0.1) is 0 Å². The summed E-state index contributed by atoms with van der Waals surface area (Å²) >= 11 is 3.62. The predicted molar refractivity (Wildman–Crippen MR) is 90.2 cm³/mol. The standard InChI is InChI=1S/C17H26BrNO2/c1-5-17(10-6-7-11-17)16(19-2)12-8-9-13(20-3)14(18)15(12)21-4/h8-9,16,19H,5-7,10-11H2,1-4H3. The summed E-state index contributed by atoms with van der Waals surface area (Å²) < 4.78 is 12.0. The van der Waals surface area contributed by atoms with Gasteiger partial charge in [0.25, 0.3) is 0 Å². The highest BCUT2D eigenvalue weighted by Crippen LogP contribution is 2.53. The van der Waals surface area contributed by atoms with E-state index in [4.69, 9.17) is 9.47 Å². The molecule has 4 heteroatoms. The Hall–Kier alpha value is -0.740. The third kappa shape index (κ3) is 2.93. The average molecular weight is 356 g/mol. The lowest BCUT2D eigenvalue weighted by atomic mass is 9.73. The number of methoxy groups -OCH3 is 2. The predicted octanol–water partition coefficient (Wildman–Crippen LogP) is 4.70. The monoisotopic (exact) mass is 355 g/mol. The molecule has 0 aliphatic heterocycles. The molecule has 0 bridgehead atoms. The highest BCUT2D eigenvalue weighted by molar-refractivity contribution is 9.10. The number of hydrogen-bond donors (Lipinski definition) is 1. The molecule has 21 heavy (non-hydrogen) atoms. The first-order valence-corrected chi connectivity index (χ1v) is 8.50. The molecule has 2 rings (SSSR count). The molecule has 1 aromatic carbocycles. The number of hydrogen-bond acceptors (Lipinski definition) is 3. The van der Waals surface area contributed by atoms with Crippen LogP contribution in [0, 0.1) is 5.41 Å². The minimum Gasteiger partial charge on any atom is -0.495 e. The van der Waals surface area contributed by atoms with Gasteiger partial charge in [0.15, 0.2) is 0 Å². The molecule has 0 saturated heterocycles. The van der Waals surface area contributed by atoms with Crippen molar-refractivity contribution in [1.29, 1.82) is 0 Å². The lowest BCUT2D eigenvalue weighted by molar-refractivity contribution is 0.191. The Morgan fingerprint density at radius 1 is 1.24 bits per heavy atom. The first-order valence-electron chi connectivity index (χ1n) is 7.71. The van der Waals surface area contributed by atoms with Crippen molar-refractivity contribution in [3.63, 3.8) is 0 Å². The second-order valence-corrected chi connectivity index (χ2v) is 6.64. The fourth-order valence-corrected chi connectivity index (χ4v) is 4.55. The van der Waals surface area contributed by atoms with Crippen LogP contribution in [0.4, 0.5) is 0 Å². The molecule has 1 aliphatic rings. The van der Waals surface area contributed by atoms with E-state index in [1.54, 1.807) is 14.2 Å². The molecule has 1 atom stereocenters. The van der Waals surface area contributed by atoms with Crippen LogP contribution >= 0.6 is 15.9 Å². The summed E-state index contributed by atoms with van der Waals surface area (Å²) in [5.41, 5.74) is 1.55. The highest BCUT2D eigenvalue weighted by atomic mass is 79.9. The maximum absolute atomic E-state index is 5.68. The molecule has 0 heterocycles. The SMILES string of the molecule is CCC1(C(NC)c2ccc(OC)c(Br)c2OC)CCCC1. The van der Waals surface area contributed by atoms with Gasteiger partial charge < -0.3 is 14.8 Å². The van der Waals surface area contributed by atoms with E-state index in [9.17, 15) is 0 Å². The van der Waals surface area contributed by atoms with Crippen molar-refractivity contribution in [1.82, 2.24) is 5.32 Å². The lowest BCUT2D eigenvalue weighted by Crippen LogP contribution is -2.34. The largest absolute Gasteiger partial charge is 0.495 e. The van der Waals surface area contributed by atoms with Crippen LogP contribution in [0.5, 0.6) is 11.5 Å². The summed E-state index contributed by atoms with van der Waals surface area (Å²) in [5.74, 6) is 1.69. The zero-order chi connectivity index (χ0) is 15.5. The summed E-state index contributed by atoms with van der Waals surface area (Å²) in [5, 5.41) is 3.55. The van der Waals surface area contributed by atoms with E-state index in [0.717, 1.165) is 16.0 Å². The van der Waals surface area contributed by atoms with Gasteiger partial charge in [0, 0.05) is 11.6 Å². The van der Waals surface area contributed by atoms with Gasteiger partial charge in [0.1, 0.15) is 16.0 Å². The van der Waals surface area contributed by atoms with Crippen molar-refractivity contribution in [3.05, 3.63) is 22.2 Å². The molecule has 0 aromatic heterocycles. The van der Waals surface area contributed by atoms with Crippen molar-refractivity contribution >= 4 is 15.9 Å². The minimum atomic E-state index is 0.308. The average Bonchev–Trinajstić information content (AvgIpc) is 2.98. The van der Waals surface area contributed by atoms with Gasteiger partial charge in [0.2, 0.25) is 0 Å². The Bertz CT molecular complexity index is 484. The van der Waals surface area contributed by atoms with Crippen LogP contribution in [0.1, 0.15) is 50.6 Å². The number of nitrogens with one attached hydrogen (secondary N) is 1. The van der Waals surface area contributed by atoms with Gasteiger partial charge in [0.05, 0.1) is 14.2 Å². The molecule has 0 radical (unpaired) electrons. The van der Waals surface area contributed by atoms with E-state index in [2.05, 4.69) is 41.3 Å². The van der Waals surface area contributed by atoms with Gasteiger partial charge in [-0.05, 0) is 59.8 Å². The van der Waals surface area contributed by atoms with Gasteiger partial charge in [-0.25, -0.2) is 0 Å². The van der Waals surface area contributed by atoms with E-state index >= 15 is 0 Å². The van der Waals surface area contributed by atoms with Crippen LogP contribution in [-0.2, 0) is 0 Å². The number of halogens is 1. The van der Waals surface area contributed by atoms with Crippen molar-refractivity contribution in [3.8, 4) is 11.5 Å². The van der Waals surface area contributed by atoms with Crippen LogP contribution in [0.25, 0.3) is 0 Å². The molecule has 0 amide bonds. The van der Waals surface area contributed by atoms with E-state index in [0.29, 0.717) is 11.5 Å². The van der Waals surface area contributed by atoms with E-state index in [1.165, 1.54) is 37.7 Å². The normalized spacial score (nSPS) is 18.5. The molecule has 1 unspecified atom stereocenters. The third-order valence-electron chi connectivity index (χ3n) is 5.03. The van der Waals surface area contributed by atoms with E-state index in [1.807, 2.05) is 6.07 Å². The Labute approximate surface area is 136 Å². The maximum atomic E-state index is 5.68. The molecular formula is C17H26BrNO2. The quantitative estimate of drug-likeness (QED) is 0.802. The lowest BCUT2D eigenvalue weighted by Gasteiger charge is -2.38. The smallest absolute Gasteiger partial charge is 0.141 e. The van der Waals surface area contributed by atoms with Gasteiger partial charge in [-0.1, -0.05) is 19.8 Å². The van der Waals surface area contributed by atoms with Crippen LogP contribution in [-0.4, -0.2) is 21.3 Å². The van der Waals surface area contributed by atoms with Gasteiger partial charge >= 0.3 is 0 Å². The second kappa shape index (κ2) is 7.01. The Balaban J connectivity index is 2.49. The van der Waals surface area contributed by atoms with E-state index in [-0.39, 0.29) is 0 Å². The van der Waals surface area contributed by atoms with Crippen molar-refractivity contribution in [2.75, 3.05) is 21.3 Å². The molecule has 0 spiro atoms. The van der Waals surface area contributed by atoms with Gasteiger partial charge in [-0.3, -0.25) is 0 Å². The Morgan fingerprint density at radius 3 is 2.38 bits per heavy atom. The van der Waals surface area contributed by atoms with Crippen molar-refractivity contribution < 1.29 is 9.47 Å². The topological polar surface area (TPSA) is 30.5 Å². The molecule has 1 fully saturated rings. The van der Waals surface area contributed by atoms with Crippen LogP contribution in [0.3, 0.4) is 0 Å². The summed E-state index contributed by atoms with van der Waals surface area (Å²) in [7, 11) is 5.46. The van der Waals surface area contributed by atoms with Crippen molar-refractivity contribution in [2.24, 2.45) is 5.41 Å². The third-order valence-corrected chi connectivity index (χ3v) is 5.78. The fourth-order valence-electron chi connectivity index (χ4n) is 3.86. The van der Waals surface area contributed by atoms with E-state index < -0.39 is 0 Å². The molecule has 1 aliphatic carbocycles. The molecular weight excluding hydrogens is 330 g/mol. The summed E-state index contributed by atoms with van der Waals surface area (Å²) in [6.45, 7) is 2.31. The summed E-state index contributed by atoms with van der Waals surface area (Å²) in [6.07, 6.45) is 6.40. The number of benzene rings is 1. The molecule has 1 N–H and O–H groups in total. The van der Waals surface area contributed by atoms with Crippen LogP contribution in [0.2, 0.25) is 0 Å². The molecule has 118 valence electrons. The molecule has 3 nitrogen and oxygen atoms in total. The molecule has 1 saturated carbocycles.